The number of para-hydroxylation sites is 1. The van der Waals surface area contributed by atoms with Gasteiger partial charge in [0.2, 0.25) is 5.91 Å². The summed E-state index contributed by atoms with van der Waals surface area (Å²) in [6, 6.07) is 8.65. The number of likely N-dealkylation sites (tertiary alicyclic amines) is 1. The lowest BCUT2D eigenvalue weighted by molar-refractivity contribution is -0.126. The maximum absolute atomic E-state index is 12.2. The van der Waals surface area contributed by atoms with Gasteiger partial charge in [0.05, 0.1) is 5.92 Å². The number of anilines is 1. The number of hydrogen-bond acceptors (Lipinski definition) is 3. The van der Waals surface area contributed by atoms with E-state index in [0.29, 0.717) is 0 Å². The van der Waals surface area contributed by atoms with Gasteiger partial charge >= 0.3 is 0 Å². The van der Waals surface area contributed by atoms with Crippen molar-refractivity contribution >= 4 is 11.6 Å². The summed E-state index contributed by atoms with van der Waals surface area (Å²) in [5.41, 5.74) is 2.83. The maximum Gasteiger partial charge on any atom is 0.224 e. The van der Waals surface area contributed by atoms with Crippen LogP contribution in [0.15, 0.2) is 24.3 Å². The SMILES string of the molecule is CN1CCC[C@@H](C(=O)NCCCN2CCc3ccccc32)C1. The Bertz CT molecular complexity index is 517. The lowest BCUT2D eigenvalue weighted by atomic mass is 9.97. The third-order valence-corrected chi connectivity index (χ3v) is 4.88. The highest BCUT2D eigenvalue weighted by molar-refractivity contribution is 5.78. The van der Waals surface area contributed by atoms with Crippen molar-refractivity contribution in [3.63, 3.8) is 0 Å². The number of nitrogens with zero attached hydrogens (tertiary/aromatic N) is 2. The first-order chi connectivity index (χ1) is 10.7. The van der Waals surface area contributed by atoms with E-state index in [1.165, 1.54) is 11.3 Å². The number of rotatable bonds is 5. The second kappa shape index (κ2) is 7.14. The summed E-state index contributed by atoms with van der Waals surface area (Å²) in [5, 5.41) is 3.13. The van der Waals surface area contributed by atoms with Gasteiger partial charge in [0.15, 0.2) is 0 Å². The molecule has 2 heterocycles. The summed E-state index contributed by atoms with van der Waals surface area (Å²) < 4.78 is 0. The highest BCUT2D eigenvalue weighted by atomic mass is 16.1. The first kappa shape index (κ1) is 15.3. The molecule has 0 spiro atoms. The van der Waals surface area contributed by atoms with E-state index in [-0.39, 0.29) is 11.8 Å². The van der Waals surface area contributed by atoms with Crippen LogP contribution >= 0.6 is 0 Å². The zero-order chi connectivity index (χ0) is 15.4. The van der Waals surface area contributed by atoms with E-state index < -0.39 is 0 Å². The number of hydrogen-bond donors (Lipinski definition) is 1. The summed E-state index contributed by atoms with van der Waals surface area (Å²) in [5.74, 6) is 0.430. The standard InChI is InChI=1S/C18H27N3O/c1-20-11-4-7-16(14-20)18(22)19-10-5-12-21-13-9-15-6-2-3-8-17(15)21/h2-3,6,8,16H,4-5,7,9-14H2,1H3,(H,19,22)/t16-/m1/s1. The Kier molecular flexibility index (Phi) is 4.98. The van der Waals surface area contributed by atoms with E-state index in [0.717, 1.165) is 58.4 Å². The number of benzene rings is 1. The predicted octanol–water partition coefficient (Wildman–Crippen LogP) is 1.90. The molecule has 3 rings (SSSR count). The van der Waals surface area contributed by atoms with Gasteiger partial charge in [0.1, 0.15) is 0 Å². The third-order valence-electron chi connectivity index (χ3n) is 4.88. The molecule has 0 radical (unpaired) electrons. The lowest BCUT2D eigenvalue weighted by Gasteiger charge is -2.28. The van der Waals surface area contributed by atoms with Crippen LogP contribution < -0.4 is 10.2 Å². The molecule has 1 N–H and O–H groups in total. The minimum absolute atomic E-state index is 0.186. The van der Waals surface area contributed by atoms with E-state index in [9.17, 15) is 4.79 Å². The molecule has 0 bridgehead atoms. The van der Waals surface area contributed by atoms with Crippen LogP contribution in [0.25, 0.3) is 0 Å². The van der Waals surface area contributed by atoms with Gasteiger partial charge in [-0.15, -0.1) is 0 Å². The molecule has 1 saturated heterocycles. The average molecular weight is 301 g/mol. The largest absolute Gasteiger partial charge is 0.371 e. The van der Waals surface area contributed by atoms with Crippen molar-refractivity contribution in [2.75, 3.05) is 44.7 Å². The molecule has 1 fully saturated rings. The summed E-state index contributed by atoms with van der Waals surface area (Å²) in [7, 11) is 2.10. The summed E-state index contributed by atoms with van der Waals surface area (Å²) in [6.07, 6.45) is 4.34. The topological polar surface area (TPSA) is 35.6 Å². The molecule has 120 valence electrons. The van der Waals surface area contributed by atoms with Crippen LogP contribution in [-0.2, 0) is 11.2 Å². The van der Waals surface area contributed by atoms with Gasteiger partial charge in [-0.05, 0) is 50.9 Å². The normalized spacial score (nSPS) is 21.7. The molecule has 1 amide bonds. The Balaban J connectivity index is 1.38. The number of nitrogens with one attached hydrogen (secondary N) is 1. The van der Waals surface area contributed by atoms with Crippen molar-refractivity contribution in [1.82, 2.24) is 10.2 Å². The zero-order valence-electron chi connectivity index (χ0n) is 13.6. The van der Waals surface area contributed by atoms with E-state index >= 15 is 0 Å². The van der Waals surface area contributed by atoms with Crippen LogP contribution in [0.2, 0.25) is 0 Å². The van der Waals surface area contributed by atoms with Gasteiger partial charge in [-0.2, -0.15) is 0 Å². The lowest BCUT2D eigenvalue weighted by Crippen LogP contribution is -2.42. The molecule has 22 heavy (non-hydrogen) atoms. The molecule has 2 aliphatic heterocycles. The second-order valence-corrected chi connectivity index (χ2v) is 6.61. The molecule has 1 atom stereocenters. The third kappa shape index (κ3) is 3.61. The first-order valence-electron chi connectivity index (χ1n) is 8.53. The van der Waals surface area contributed by atoms with Crippen LogP contribution in [0.5, 0.6) is 0 Å². The van der Waals surface area contributed by atoms with Gasteiger partial charge in [-0.25, -0.2) is 0 Å². The number of piperidine rings is 1. The van der Waals surface area contributed by atoms with Gasteiger partial charge in [-0.3, -0.25) is 4.79 Å². The number of fused-ring (bicyclic) bond motifs is 1. The molecular formula is C18H27N3O. The first-order valence-corrected chi connectivity index (χ1v) is 8.53. The Labute approximate surface area is 133 Å². The Morgan fingerprint density at radius 3 is 3.05 bits per heavy atom. The monoisotopic (exact) mass is 301 g/mol. The van der Waals surface area contributed by atoms with E-state index in [1.54, 1.807) is 0 Å². The summed E-state index contributed by atoms with van der Waals surface area (Å²) in [6.45, 7) is 4.96. The van der Waals surface area contributed by atoms with Crippen molar-refractivity contribution < 1.29 is 4.79 Å². The summed E-state index contributed by atoms with van der Waals surface area (Å²) >= 11 is 0. The highest BCUT2D eigenvalue weighted by Crippen LogP contribution is 2.27. The van der Waals surface area contributed by atoms with E-state index in [4.69, 9.17) is 0 Å². The van der Waals surface area contributed by atoms with E-state index in [2.05, 4.69) is 46.4 Å². The maximum atomic E-state index is 12.2. The minimum Gasteiger partial charge on any atom is -0.371 e. The van der Waals surface area contributed by atoms with Crippen LogP contribution in [-0.4, -0.2) is 50.6 Å². The van der Waals surface area contributed by atoms with Crippen LogP contribution in [0.3, 0.4) is 0 Å². The van der Waals surface area contributed by atoms with Crippen LogP contribution in [0.1, 0.15) is 24.8 Å². The molecule has 4 nitrogen and oxygen atoms in total. The van der Waals surface area contributed by atoms with Crippen molar-refractivity contribution in [2.45, 2.75) is 25.7 Å². The van der Waals surface area contributed by atoms with Crippen molar-refractivity contribution in [1.29, 1.82) is 0 Å². The minimum atomic E-state index is 0.186. The van der Waals surface area contributed by atoms with Crippen molar-refractivity contribution in [3.05, 3.63) is 29.8 Å². The Morgan fingerprint density at radius 1 is 1.32 bits per heavy atom. The number of carbonyl (C=O) groups excluding carboxylic acids is 1. The zero-order valence-corrected chi connectivity index (χ0v) is 13.6. The molecule has 4 heteroatoms. The fourth-order valence-corrected chi connectivity index (χ4v) is 3.65. The van der Waals surface area contributed by atoms with Gasteiger partial charge in [0, 0.05) is 31.9 Å². The molecule has 2 aliphatic rings. The Hall–Kier alpha value is -1.55. The quantitative estimate of drug-likeness (QED) is 0.844. The second-order valence-electron chi connectivity index (χ2n) is 6.61. The van der Waals surface area contributed by atoms with Crippen LogP contribution in [0, 0.1) is 5.92 Å². The Morgan fingerprint density at radius 2 is 2.18 bits per heavy atom. The van der Waals surface area contributed by atoms with Gasteiger partial charge in [-0.1, -0.05) is 18.2 Å². The van der Waals surface area contributed by atoms with Gasteiger partial charge < -0.3 is 15.1 Å². The molecule has 0 aliphatic carbocycles. The fourth-order valence-electron chi connectivity index (χ4n) is 3.65. The molecule has 0 saturated carbocycles. The molecule has 1 aromatic carbocycles. The fraction of sp³-hybridized carbons (Fsp3) is 0.611. The predicted molar refractivity (Wildman–Crippen MR) is 90.2 cm³/mol. The molecule has 0 aromatic heterocycles. The molecule has 1 aromatic rings. The highest BCUT2D eigenvalue weighted by Gasteiger charge is 2.23. The van der Waals surface area contributed by atoms with Gasteiger partial charge in [0.25, 0.3) is 0 Å². The smallest absolute Gasteiger partial charge is 0.224 e. The molecule has 0 unspecified atom stereocenters. The molecular weight excluding hydrogens is 274 g/mol. The van der Waals surface area contributed by atoms with Crippen molar-refractivity contribution in [3.8, 4) is 0 Å². The van der Waals surface area contributed by atoms with Crippen LogP contribution in [0.4, 0.5) is 5.69 Å². The van der Waals surface area contributed by atoms with E-state index in [1.807, 2.05) is 0 Å². The van der Waals surface area contributed by atoms with Crippen molar-refractivity contribution in [2.24, 2.45) is 5.92 Å². The summed E-state index contributed by atoms with van der Waals surface area (Å²) in [4.78, 5) is 16.9. The number of carbonyl (C=O) groups is 1. The number of amides is 1. The average Bonchev–Trinajstić information content (AvgIpc) is 2.95.